The predicted octanol–water partition coefficient (Wildman–Crippen LogP) is 13.2. The Morgan fingerprint density at radius 1 is 0.351 bits per heavy atom. The molecule has 0 aliphatic carbocycles. The number of carbonyl (C=O) groups is 4. The van der Waals surface area contributed by atoms with Crippen molar-refractivity contribution in [2.75, 3.05) is 55.6 Å². The number of hydrogen-bond donors (Lipinski definition) is 8. The van der Waals surface area contributed by atoms with Crippen molar-refractivity contribution in [3.8, 4) is 46.0 Å². The summed E-state index contributed by atoms with van der Waals surface area (Å²) < 4.78 is 176. The van der Waals surface area contributed by atoms with Gasteiger partial charge in [0.15, 0.2) is 46.0 Å². The lowest BCUT2D eigenvalue weighted by molar-refractivity contribution is -0.122. The zero-order valence-electron chi connectivity index (χ0n) is 65.7. The Labute approximate surface area is 656 Å². The molecule has 0 unspecified atom stereocenters. The van der Waals surface area contributed by atoms with E-state index in [-0.39, 0.29) is 46.6 Å². The van der Waals surface area contributed by atoms with Crippen molar-refractivity contribution in [1.29, 1.82) is 0 Å². The van der Waals surface area contributed by atoms with Gasteiger partial charge in [0, 0.05) is 51.9 Å². The minimum Gasteiger partial charge on any atom is -0.493 e. The summed E-state index contributed by atoms with van der Waals surface area (Å²) >= 11 is 0. The van der Waals surface area contributed by atoms with Gasteiger partial charge in [-0.1, -0.05) is 155 Å². The van der Waals surface area contributed by atoms with Crippen LogP contribution >= 0.6 is 0 Å². The van der Waals surface area contributed by atoms with Crippen molar-refractivity contribution >= 4 is 65.2 Å². The van der Waals surface area contributed by atoms with Crippen molar-refractivity contribution in [3.63, 3.8) is 0 Å². The Morgan fingerprint density at radius 2 is 0.595 bits per heavy atom. The number of ether oxygens (including phenoxy) is 8. The van der Waals surface area contributed by atoms with Crippen LogP contribution in [0.3, 0.4) is 0 Å². The molecule has 32 nitrogen and oxygen atoms in total. The standard InChI is InChI=1S/C19H31NO7S.2C19H29NO7S.C18H29NO7S/c3*1-15(2)8-6-4-5-7-9-19(21)20-13-16-10-11-17(18(12-16)25-3)26-14-27-28(22,23)24;1-3-4-5-6-7-8-9-18(20)19-13-15-10-11-16(17(12-15)24-2)25-14-26-27(21,22)23/h10-12,15H,4-9,13-14H2,1-3H3,(H,20,21)(H,22,23,24);2*6,8,10-12,15H,4-5,7,9,13-14H2,1-3H3,(H,20,21)(H,22,23,24);10-12H,3-9,13-14H2,1-2H3,(H,19,20)(H,21,22,23)/b;8-6+;8-6-;. The zero-order valence-corrected chi connectivity index (χ0v) is 69.0. The molecule has 0 aliphatic heterocycles. The van der Waals surface area contributed by atoms with Crippen molar-refractivity contribution in [2.24, 2.45) is 17.8 Å². The summed E-state index contributed by atoms with van der Waals surface area (Å²) in [5.41, 5.74) is 3.22. The first-order chi connectivity index (χ1) is 52.5. The van der Waals surface area contributed by atoms with Gasteiger partial charge in [0.05, 0.1) is 28.4 Å². The fourth-order valence-corrected chi connectivity index (χ4v) is 10.3. The van der Waals surface area contributed by atoms with Gasteiger partial charge in [0.25, 0.3) is 0 Å². The maximum absolute atomic E-state index is 11.9. The van der Waals surface area contributed by atoms with Crippen molar-refractivity contribution in [3.05, 3.63) is 119 Å². The molecule has 0 aliphatic rings. The molecule has 0 radical (unpaired) electrons. The quantitative estimate of drug-likeness (QED) is 0.00881. The Hall–Kier alpha value is -7.88. The molecule has 0 aromatic heterocycles. The summed E-state index contributed by atoms with van der Waals surface area (Å²) in [6.45, 7) is 13.8. The highest BCUT2D eigenvalue weighted by Gasteiger charge is 2.16. The molecule has 111 heavy (non-hydrogen) atoms. The molecule has 0 bridgehead atoms. The molecule has 0 atom stereocenters. The van der Waals surface area contributed by atoms with E-state index in [4.69, 9.17) is 56.1 Å². The van der Waals surface area contributed by atoms with Crippen LogP contribution in [0.25, 0.3) is 0 Å². The summed E-state index contributed by atoms with van der Waals surface area (Å²) in [6.07, 6.45) is 28.5. The summed E-state index contributed by atoms with van der Waals surface area (Å²) in [4.78, 5) is 47.7. The van der Waals surface area contributed by atoms with Gasteiger partial charge in [-0.25, -0.2) is 16.7 Å². The molecule has 0 heterocycles. The van der Waals surface area contributed by atoms with Gasteiger partial charge in [-0.05, 0) is 140 Å². The Kier molecular flexibility index (Phi) is 52.9. The second kappa shape index (κ2) is 58.0. The van der Waals surface area contributed by atoms with Gasteiger partial charge in [-0.2, -0.15) is 33.7 Å². The van der Waals surface area contributed by atoms with Crippen LogP contribution in [0.1, 0.15) is 206 Å². The summed E-state index contributed by atoms with van der Waals surface area (Å²) in [5, 5.41) is 11.4. The van der Waals surface area contributed by atoms with Crippen LogP contribution in [0.15, 0.2) is 97.1 Å². The Balaban J connectivity index is 0.000000740. The maximum Gasteiger partial charge on any atom is 0.400 e. The van der Waals surface area contributed by atoms with Crippen molar-refractivity contribution in [1.82, 2.24) is 21.3 Å². The summed E-state index contributed by atoms with van der Waals surface area (Å²) in [7, 11) is -12.5. The molecule has 630 valence electrons. The van der Waals surface area contributed by atoms with Crippen LogP contribution in [0.4, 0.5) is 0 Å². The van der Waals surface area contributed by atoms with E-state index in [1.165, 1.54) is 67.0 Å². The van der Waals surface area contributed by atoms with Crippen molar-refractivity contribution in [2.45, 2.75) is 209 Å². The number of benzene rings is 4. The van der Waals surface area contributed by atoms with E-state index in [2.05, 4.69) is 111 Å². The van der Waals surface area contributed by atoms with Gasteiger partial charge < -0.3 is 59.2 Å². The lowest BCUT2D eigenvalue weighted by Crippen LogP contribution is -2.22. The Bertz CT molecular complexity index is 3730. The summed E-state index contributed by atoms with van der Waals surface area (Å²) in [5.74, 6) is 4.21. The molecule has 4 aromatic rings. The lowest BCUT2D eigenvalue weighted by atomic mass is 10.0. The largest absolute Gasteiger partial charge is 0.493 e. The van der Waals surface area contributed by atoms with Crippen LogP contribution < -0.4 is 59.2 Å². The average Bonchev–Trinajstić information content (AvgIpc) is 0.879. The Morgan fingerprint density at radius 3 is 0.829 bits per heavy atom. The third kappa shape index (κ3) is 56.1. The maximum atomic E-state index is 11.9. The van der Waals surface area contributed by atoms with Gasteiger partial charge in [-0.3, -0.25) is 37.4 Å². The molecular weight excluding hydrogens is 1530 g/mol. The third-order valence-electron chi connectivity index (χ3n) is 15.3. The number of allylic oxidation sites excluding steroid dienone is 4. The van der Waals surface area contributed by atoms with E-state index in [1.807, 2.05) is 0 Å². The highest BCUT2D eigenvalue weighted by atomic mass is 32.3. The minimum absolute atomic E-state index is 0.00436. The molecule has 0 fully saturated rings. The fraction of sp³-hybridized carbons (Fsp3) is 0.573. The van der Waals surface area contributed by atoms with Crippen LogP contribution in [-0.4, -0.2) is 131 Å². The van der Waals surface area contributed by atoms with E-state index in [1.54, 1.807) is 72.8 Å². The first kappa shape index (κ1) is 101. The second-order valence-corrected chi connectivity index (χ2v) is 30.3. The third-order valence-corrected chi connectivity index (χ3v) is 16.9. The molecule has 36 heteroatoms. The number of methoxy groups -OCH3 is 4. The number of amides is 4. The lowest BCUT2D eigenvalue weighted by Gasteiger charge is -2.12. The topological polar surface area (TPSA) is 445 Å². The fourth-order valence-electron chi connectivity index (χ4n) is 9.60. The number of hydrogen-bond acceptors (Lipinski definition) is 24. The molecule has 8 N–H and O–H groups in total. The number of unbranched alkanes of at least 4 members (excludes halogenated alkanes) is 12. The molecule has 0 saturated heterocycles. The molecular formula is C75H118N4O28S4. The monoisotopic (exact) mass is 1650 g/mol. The van der Waals surface area contributed by atoms with E-state index < -0.39 is 68.8 Å². The predicted molar refractivity (Wildman–Crippen MR) is 417 cm³/mol. The van der Waals surface area contributed by atoms with Gasteiger partial charge >= 0.3 is 41.6 Å². The first-order valence-electron chi connectivity index (χ1n) is 36.5. The van der Waals surface area contributed by atoms with Crippen LogP contribution in [0.5, 0.6) is 46.0 Å². The van der Waals surface area contributed by atoms with Gasteiger partial charge in [0.1, 0.15) is 0 Å². The van der Waals surface area contributed by atoms with E-state index >= 15 is 0 Å². The van der Waals surface area contributed by atoms with Crippen LogP contribution in [0, 0.1) is 17.8 Å². The van der Waals surface area contributed by atoms with Crippen molar-refractivity contribution < 1.29 is 126 Å². The average molecular weight is 1650 g/mol. The molecule has 4 aromatic carbocycles. The first-order valence-corrected chi connectivity index (χ1v) is 42.0. The zero-order chi connectivity index (χ0) is 83.1. The number of rotatable bonds is 54. The second-order valence-electron chi connectivity index (χ2n) is 26.0. The molecule has 4 rings (SSSR count). The highest BCUT2D eigenvalue weighted by molar-refractivity contribution is 7.81. The number of nitrogens with one attached hydrogen (secondary N) is 4. The van der Waals surface area contributed by atoms with E-state index in [9.17, 15) is 52.8 Å². The molecule has 4 amide bonds. The van der Waals surface area contributed by atoms with Crippen LogP contribution in [-0.2, 0) is 104 Å². The van der Waals surface area contributed by atoms with E-state index in [0.29, 0.717) is 86.7 Å². The van der Waals surface area contributed by atoms with Gasteiger partial charge in [0.2, 0.25) is 50.8 Å². The summed E-state index contributed by atoms with van der Waals surface area (Å²) in [6, 6.07) is 19.8. The molecule has 0 saturated carbocycles. The number of carbonyl (C=O) groups excluding carboxylic acids is 4. The van der Waals surface area contributed by atoms with Crippen LogP contribution in [0.2, 0.25) is 0 Å². The SMILES string of the molecule is CCCCCCCCC(=O)NCc1ccc(OCOS(=O)(=O)O)c(OC)c1.COc1cc(CNC(=O)CCCC/C=C/C(C)C)ccc1OCOS(=O)(=O)O.COc1cc(CNC(=O)CCCC/C=C\C(C)C)ccc1OCOS(=O)(=O)O.COc1cc(CNC(=O)CCCCCCC(C)C)ccc1OCOS(=O)(=O)O. The smallest absolute Gasteiger partial charge is 0.400 e. The highest BCUT2D eigenvalue weighted by Crippen LogP contribution is 2.32. The normalized spacial score (nSPS) is 11.5. The molecule has 0 spiro atoms. The van der Waals surface area contributed by atoms with Gasteiger partial charge in [-0.15, -0.1) is 0 Å². The minimum atomic E-state index is -4.57. The van der Waals surface area contributed by atoms with E-state index in [0.717, 1.165) is 98.8 Å².